The molecule has 0 aliphatic rings. The summed E-state index contributed by atoms with van der Waals surface area (Å²) in [6.45, 7) is 8.69. The van der Waals surface area contributed by atoms with Crippen LogP contribution in [0.1, 0.15) is 63.8 Å². The van der Waals surface area contributed by atoms with Gasteiger partial charge in [0.15, 0.2) is 5.60 Å². The minimum absolute atomic E-state index is 0.166. The first kappa shape index (κ1) is 28.6. The fourth-order valence-electron chi connectivity index (χ4n) is 5.12. The number of aliphatic carboxylic acids is 1. The molecule has 3 atom stereocenters. The van der Waals surface area contributed by atoms with Crippen LogP contribution >= 0.6 is 8.03 Å². The van der Waals surface area contributed by atoms with Gasteiger partial charge < -0.3 is 10.2 Å². The molecule has 196 valence electrons. The van der Waals surface area contributed by atoms with Crippen molar-refractivity contribution in [3.63, 3.8) is 0 Å². The molecular weight excluding hydrogens is 492 g/mol. The summed E-state index contributed by atoms with van der Waals surface area (Å²) in [4.78, 5) is 17.8. The predicted molar refractivity (Wildman–Crippen MR) is 143 cm³/mol. The highest BCUT2D eigenvalue weighted by atomic mass is 31.1. The zero-order valence-corrected chi connectivity index (χ0v) is 23.0. The molecule has 0 fully saturated rings. The Kier molecular flexibility index (Phi) is 8.63. The van der Waals surface area contributed by atoms with E-state index in [1.807, 2.05) is 51.1 Å². The molecule has 2 N–H and O–H groups in total. The fourth-order valence-corrected chi connectivity index (χ4v) is 6.31. The lowest BCUT2D eigenvalue weighted by molar-refractivity contribution is -0.149. The molecular formula is C29H34FNO5P+. The maximum atomic E-state index is 14.0. The maximum absolute atomic E-state index is 14.0. The van der Waals surface area contributed by atoms with Crippen LogP contribution in [0, 0.1) is 5.82 Å². The summed E-state index contributed by atoms with van der Waals surface area (Å²) in [7, 11) is -1.68. The third-order valence-electron chi connectivity index (χ3n) is 7.04. The summed E-state index contributed by atoms with van der Waals surface area (Å²) < 4.78 is 32.3. The van der Waals surface area contributed by atoms with Crippen LogP contribution in [0.2, 0.25) is 0 Å². The van der Waals surface area contributed by atoms with Gasteiger partial charge in [-0.1, -0.05) is 70.2 Å². The Hall–Kier alpha value is -2.99. The number of aliphatic hydroxyl groups is 1. The fraction of sp³-hybridized carbons (Fsp3) is 0.379. The smallest absolute Gasteiger partial charge is 0.477 e. The van der Waals surface area contributed by atoms with Crippen molar-refractivity contribution in [2.75, 3.05) is 7.11 Å². The van der Waals surface area contributed by atoms with Gasteiger partial charge in [-0.3, -0.25) is 4.98 Å². The molecule has 3 aromatic rings. The highest BCUT2D eigenvalue weighted by Gasteiger charge is 2.70. The van der Waals surface area contributed by atoms with E-state index < -0.39 is 30.6 Å². The van der Waals surface area contributed by atoms with Crippen molar-refractivity contribution in [2.24, 2.45) is 0 Å². The monoisotopic (exact) mass is 526 g/mol. The molecule has 1 heterocycles. The minimum atomic E-state index is -2.85. The quantitative estimate of drug-likeness (QED) is 0.274. The minimum Gasteiger partial charge on any atom is -0.477 e. The van der Waals surface area contributed by atoms with Gasteiger partial charge in [-0.15, -0.1) is 4.52 Å². The number of carbonyl (C=O) groups is 1. The second-order valence-corrected chi connectivity index (χ2v) is 11.1. The molecule has 3 unspecified atom stereocenters. The van der Waals surface area contributed by atoms with Crippen LogP contribution in [0.15, 0.2) is 54.6 Å². The Morgan fingerprint density at radius 3 is 2.14 bits per heavy atom. The second kappa shape index (κ2) is 11.2. The van der Waals surface area contributed by atoms with E-state index >= 15 is 0 Å². The average Bonchev–Trinajstić information content (AvgIpc) is 2.88. The number of halogens is 1. The number of aromatic nitrogens is 1. The summed E-state index contributed by atoms with van der Waals surface area (Å²) in [6.07, 6.45) is 0.328. The highest BCUT2D eigenvalue weighted by Crippen LogP contribution is 2.57. The molecule has 0 spiro atoms. The molecule has 8 heteroatoms. The zero-order chi connectivity index (χ0) is 27.5. The molecule has 0 radical (unpaired) electrons. The van der Waals surface area contributed by atoms with Gasteiger partial charge in [0.05, 0.1) is 18.5 Å². The van der Waals surface area contributed by atoms with Crippen molar-refractivity contribution in [2.45, 2.75) is 64.1 Å². The van der Waals surface area contributed by atoms with Gasteiger partial charge in [-0.2, -0.15) is 0 Å². The first-order valence-electron chi connectivity index (χ1n) is 12.3. The topological polar surface area (TPSA) is 96.7 Å². The summed E-state index contributed by atoms with van der Waals surface area (Å²) >= 11 is 0. The number of nitrogens with zero attached hydrogens (tertiary/aromatic N) is 1. The van der Waals surface area contributed by atoms with Gasteiger partial charge >= 0.3 is 19.2 Å². The summed E-state index contributed by atoms with van der Waals surface area (Å²) in [5, 5.41) is 20.6. The van der Waals surface area contributed by atoms with Gasteiger partial charge in [0, 0.05) is 17.5 Å². The lowest BCUT2D eigenvalue weighted by Gasteiger charge is -2.37. The lowest BCUT2D eigenvalue weighted by atomic mass is 9.73. The molecule has 0 saturated heterocycles. The van der Waals surface area contributed by atoms with E-state index in [1.165, 1.54) is 26.2 Å². The van der Waals surface area contributed by atoms with E-state index in [9.17, 15) is 24.0 Å². The van der Waals surface area contributed by atoms with E-state index in [0.29, 0.717) is 28.9 Å². The second-order valence-electron chi connectivity index (χ2n) is 9.49. The van der Waals surface area contributed by atoms with Crippen molar-refractivity contribution in [1.29, 1.82) is 0 Å². The third-order valence-corrected chi connectivity index (χ3v) is 8.94. The number of benzene rings is 2. The molecule has 0 aliphatic heterocycles. The Morgan fingerprint density at radius 2 is 1.68 bits per heavy atom. The number of pyridine rings is 1. The van der Waals surface area contributed by atoms with Crippen LogP contribution in [0.3, 0.4) is 0 Å². The van der Waals surface area contributed by atoms with Crippen molar-refractivity contribution in [1.82, 2.24) is 4.98 Å². The molecule has 0 bridgehead atoms. The van der Waals surface area contributed by atoms with E-state index in [1.54, 1.807) is 19.1 Å². The van der Waals surface area contributed by atoms with Crippen molar-refractivity contribution in [3.05, 3.63) is 77.2 Å². The van der Waals surface area contributed by atoms with E-state index in [2.05, 4.69) is 0 Å². The first-order valence-corrected chi connectivity index (χ1v) is 13.5. The van der Waals surface area contributed by atoms with Crippen LogP contribution in [0.5, 0.6) is 0 Å². The standard InChI is InChI=1S/C29H33FNO5P/c1-7-22-23(19-14-16-21(30)17-15-19)24(28(5,34)29(8-2,27(32)33)37(35)36-6)25(18(3)4)31-26(22)20-12-10-9-11-13-20/h9-18,34H,7-8H2,1-6H3/p+1. The Morgan fingerprint density at radius 1 is 1.08 bits per heavy atom. The highest BCUT2D eigenvalue weighted by molar-refractivity contribution is 7.42. The summed E-state index contributed by atoms with van der Waals surface area (Å²) in [5.74, 6) is -2.10. The van der Waals surface area contributed by atoms with Crippen LogP contribution < -0.4 is 0 Å². The van der Waals surface area contributed by atoms with Crippen LogP contribution in [0.25, 0.3) is 22.4 Å². The third kappa shape index (κ3) is 4.84. The Labute approximate surface area is 218 Å². The first-order chi connectivity index (χ1) is 17.5. The number of carboxylic acids is 1. The van der Waals surface area contributed by atoms with Gasteiger partial charge in [0.1, 0.15) is 5.82 Å². The van der Waals surface area contributed by atoms with Crippen molar-refractivity contribution in [3.8, 4) is 22.4 Å². The van der Waals surface area contributed by atoms with Crippen LogP contribution in [0.4, 0.5) is 4.39 Å². The Balaban J connectivity index is 2.61. The molecule has 6 nitrogen and oxygen atoms in total. The summed E-state index contributed by atoms with van der Waals surface area (Å²) in [5.41, 5.74) is 2.03. The maximum Gasteiger partial charge on any atom is 0.529 e. The molecule has 0 aliphatic carbocycles. The number of rotatable bonds is 10. The average molecular weight is 527 g/mol. The van der Waals surface area contributed by atoms with Crippen molar-refractivity contribution >= 4 is 14.0 Å². The van der Waals surface area contributed by atoms with E-state index in [0.717, 1.165) is 11.1 Å². The number of hydrogen-bond acceptors (Lipinski definition) is 5. The zero-order valence-electron chi connectivity index (χ0n) is 22.1. The molecule has 3 rings (SSSR count). The Bertz CT molecular complexity index is 1290. The molecule has 0 amide bonds. The number of hydrogen-bond donors (Lipinski definition) is 2. The van der Waals surface area contributed by atoms with E-state index in [-0.39, 0.29) is 17.9 Å². The number of carboxylic acid groups (broad SMARTS) is 1. The predicted octanol–water partition coefficient (Wildman–Crippen LogP) is 7.07. The largest absolute Gasteiger partial charge is 0.529 e. The van der Waals surface area contributed by atoms with Crippen LogP contribution in [-0.2, 0) is 25.9 Å². The van der Waals surface area contributed by atoms with Gasteiger partial charge in [-0.05, 0) is 52.7 Å². The van der Waals surface area contributed by atoms with E-state index in [4.69, 9.17) is 9.51 Å². The molecule has 1 aromatic heterocycles. The lowest BCUT2D eigenvalue weighted by Crippen LogP contribution is -2.53. The van der Waals surface area contributed by atoms with Crippen LogP contribution in [-0.4, -0.2) is 33.4 Å². The summed E-state index contributed by atoms with van der Waals surface area (Å²) in [6, 6.07) is 15.4. The van der Waals surface area contributed by atoms with Gasteiger partial charge in [0.2, 0.25) is 0 Å². The molecule has 37 heavy (non-hydrogen) atoms. The normalized spacial score (nSPS) is 15.2. The molecule has 2 aromatic carbocycles. The SMILES string of the molecule is CCc1c(-c2ccccc2)nc(C(C)C)c(C(C)(O)C(CC)(C(=O)O)[P+](=O)OC)c1-c1ccc(F)cc1. The van der Waals surface area contributed by atoms with Gasteiger partial charge in [0.25, 0.3) is 0 Å². The molecule has 0 saturated carbocycles. The van der Waals surface area contributed by atoms with Crippen molar-refractivity contribution < 1.29 is 28.5 Å². The van der Waals surface area contributed by atoms with Gasteiger partial charge in [-0.25, -0.2) is 9.18 Å².